The van der Waals surface area contributed by atoms with Gasteiger partial charge in [-0.3, -0.25) is 0 Å². The quantitative estimate of drug-likeness (QED) is 0.574. The lowest BCUT2D eigenvalue weighted by Crippen LogP contribution is -1.83. The Balaban J connectivity index is 1.78. The van der Waals surface area contributed by atoms with Gasteiger partial charge in [0.1, 0.15) is 10.8 Å². The van der Waals surface area contributed by atoms with Crippen molar-refractivity contribution in [3.05, 3.63) is 54.1 Å². The Morgan fingerprint density at radius 1 is 1.00 bits per heavy atom. The molecule has 2 aromatic carbocycles. The SMILES string of the molecule is Nc1ccc(-c2nnc(/N=C/c3ccc(O)cc3)s2)cc1. The van der Waals surface area contributed by atoms with Gasteiger partial charge in [-0.1, -0.05) is 11.3 Å². The van der Waals surface area contributed by atoms with Gasteiger partial charge in [-0.2, -0.15) is 0 Å². The van der Waals surface area contributed by atoms with Crippen LogP contribution in [0.4, 0.5) is 10.8 Å². The van der Waals surface area contributed by atoms with Crippen LogP contribution in [0, 0.1) is 0 Å². The highest BCUT2D eigenvalue weighted by atomic mass is 32.1. The molecule has 0 saturated carbocycles. The summed E-state index contributed by atoms with van der Waals surface area (Å²) in [4.78, 5) is 4.28. The first-order chi connectivity index (χ1) is 10.2. The summed E-state index contributed by atoms with van der Waals surface area (Å²) in [5.74, 6) is 0.230. The summed E-state index contributed by atoms with van der Waals surface area (Å²) in [6, 6.07) is 14.3. The highest BCUT2D eigenvalue weighted by Crippen LogP contribution is 2.28. The molecule has 1 aromatic heterocycles. The number of hydrogen-bond acceptors (Lipinski definition) is 6. The lowest BCUT2D eigenvalue weighted by Gasteiger charge is -1.95. The molecular weight excluding hydrogens is 284 g/mol. The van der Waals surface area contributed by atoms with Gasteiger partial charge in [0.15, 0.2) is 0 Å². The zero-order valence-corrected chi connectivity index (χ0v) is 11.8. The second kappa shape index (κ2) is 5.72. The number of phenolic OH excluding ortho intramolecular Hbond substituents is 1. The second-order valence-electron chi connectivity index (χ2n) is 4.36. The molecule has 0 aliphatic heterocycles. The molecule has 0 bridgehead atoms. The topological polar surface area (TPSA) is 84.4 Å². The van der Waals surface area contributed by atoms with E-state index in [-0.39, 0.29) is 5.75 Å². The maximum absolute atomic E-state index is 9.22. The summed E-state index contributed by atoms with van der Waals surface area (Å²) in [5.41, 5.74) is 8.23. The Bertz CT molecular complexity index is 763. The number of hydrogen-bond donors (Lipinski definition) is 2. The van der Waals surface area contributed by atoms with E-state index in [1.807, 2.05) is 24.3 Å². The number of nitrogens with two attached hydrogens (primary N) is 1. The fourth-order valence-corrected chi connectivity index (χ4v) is 2.40. The zero-order chi connectivity index (χ0) is 14.7. The maximum atomic E-state index is 9.22. The molecule has 0 atom stereocenters. The number of anilines is 1. The molecule has 0 fully saturated rings. The van der Waals surface area contributed by atoms with E-state index in [0.717, 1.165) is 16.1 Å². The molecule has 21 heavy (non-hydrogen) atoms. The average molecular weight is 296 g/mol. The van der Waals surface area contributed by atoms with Crippen LogP contribution < -0.4 is 5.73 Å². The van der Waals surface area contributed by atoms with Crippen molar-refractivity contribution in [2.24, 2.45) is 4.99 Å². The molecule has 0 unspecified atom stereocenters. The molecule has 6 heteroatoms. The number of nitrogen functional groups attached to an aromatic ring is 1. The molecule has 0 spiro atoms. The van der Waals surface area contributed by atoms with Crippen molar-refractivity contribution in [1.82, 2.24) is 10.2 Å². The summed E-state index contributed by atoms with van der Waals surface area (Å²) < 4.78 is 0. The van der Waals surface area contributed by atoms with Crippen molar-refractivity contribution in [3.63, 3.8) is 0 Å². The summed E-state index contributed by atoms with van der Waals surface area (Å²) in [5, 5.41) is 18.7. The molecule has 1 heterocycles. The van der Waals surface area contributed by atoms with E-state index in [4.69, 9.17) is 5.73 Å². The highest BCUT2D eigenvalue weighted by Gasteiger charge is 2.05. The van der Waals surface area contributed by atoms with Crippen molar-refractivity contribution in [2.75, 3.05) is 5.73 Å². The number of aromatic hydroxyl groups is 1. The summed E-state index contributed by atoms with van der Waals surface area (Å²) in [7, 11) is 0. The van der Waals surface area contributed by atoms with E-state index in [9.17, 15) is 5.11 Å². The van der Waals surface area contributed by atoms with Crippen LogP contribution in [-0.4, -0.2) is 21.5 Å². The third-order valence-electron chi connectivity index (χ3n) is 2.79. The van der Waals surface area contributed by atoms with E-state index in [2.05, 4.69) is 15.2 Å². The molecule has 5 nitrogen and oxygen atoms in total. The van der Waals surface area contributed by atoms with E-state index in [1.165, 1.54) is 11.3 Å². The monoisotopic (exact) mass is 296 g/mol. The summed E-state index contributed by atoms with van der Waals surface area (Å²) in [6.45, 7) is 0. The minimum atomic E-state index is 0.230. The minimum Gasteiger partial charge on any atom is -0.508 e. The Kier molecular flexibility index (Phi) is 3.61. The number of aromatic nitrogens is 2. The van der Waals surface area contributed by atoms with Gasteiger partial charge in [0, 0.05) is 17.5 Å². The van der Waals surface area contributed by atoms with Crippen molar-refractivity contribution >= 4 is 28.4 Å². The third kappa shape index (κ3) is 3.24. The molecule has 104 valence electrons. The smallest absolute Gasteiger partial charge is 0.231 e. The first-order valence-electron chi connectivity index (χ1n) is 6.23. The summed E-state index contributed by atoms with van der Waals surface area (Å²) >= 11 is 1.40. The van der Waals surface area contributed by atoms with Crippen molar-refractivity contribution in [3.8, 4) is 16.3 Å². The number of nitrogens with zero attached hydrogens (tertiary/aromatic N) is 3. The van der Waals surface area contributed by atoms with Gasteiger partial charge in [-0.25, -0.2) is 4.99 Å². The molecule has 0 aliphatic carbocycles. The van der Waals surface area contributed by atoms with Crippen LogP contribution in [0.25, 0.3) is 10.6 Å². The van der Waals surface area contributed by atoms with Crippen LogP contribution in [0.15, 0.2) is 53.5 Å². The first kappa shape index (κ1) is 13.3. The Hall–Kier alpha value is -2.73. The zero-order valence-electron chi connectivity index (χ0n) is 11.0. The number of aliphatic imine (C=N–C) groups is 1. The van der Waals surface area contributed by atoms with E-state index < -0.39 is 0 Å². The van der Waals surface area contributed by atoms with Crippen LogP contribution in [0.2, 0.25) is 0 Å². The maximum Gasteiger partial charge on any atom is 0.231 e. The first-order valence-corrected chi connectivity index (χ1v) is 7.05. The Morgan fingerprint density at radius 3 is 2.43 bits per heavy atom. The number of phenols is 1. The van der Waals surface area contributed by atoms with Crippen LogP contribution >= 0.6 is 11.3 Å². The molecule has 3 rings (SSSR count). The third-order valence-corrected chi connectivity index (χ3v) is 3.67. The van der Waals surface area contributed by atoms with Crippen molar-refractivity contribution in [2.45, 2.75) is 0 Å². The lowest BCUT2D eigenvalue weighted by molar-refractivity contribution is 0.475. The number of rotatable bonds is 3. The van der Waals surface area contributed by atoms with E-state index in [1.54, 1.807) is 30.5 Å². The average Bonchev–Trinajstić information content (AvgIpc) is 2.96. The van der Waals surface area contributed by atoms with Gasteiger partial charge in [0.05, 0.1) is 0 Å². The van der Waals surface area contributed by atoms with Gasteiger partial charge in [-0.15, -0.1) is 10.2 Å². The molecular formula is C15H12N4OS. The summed E-state index contributed by atoms with van der Waals surface area (Å²) in [6.07, 6.45) is 1.69. The second-order valence-corrected chi connectivity index (χ2v) is 5.32. The lowest BCUT2D eigenvalue weighted by atomic mass is 10.2. The fraction of sp³-hybridized carbons (Fsp3) is 0. The number of benzene rings is 2. The van der Waals surface area contributed by atoms with Crippen molar-refractivity contribution in [1.29, 1.82) is 0 Å². The predicted molar refractivity (Wildman–Crippen MR) is 85.1 cm³/mol. The minimum absolute atomic E-state index is 0.230. The standard InChI is InChI=1S/C15H12N4OS/c16-12-5-3-11(4-6-12)14-18-19-15(21-14)17-9-10-1-7-13(20)8-2-10/h1-9,20H,16H2/b17-9+. The van der Waals surface area contributed by atoms with E-state index in [0.29, 0.717) is 10.8 Å². The molecule has 0 saturated heterocycles. The normalized spacial score (nSPS) is 11.0. The Labute approximate surface area is 125 Å². The van der Waals surface area contributed by atoms with Crippen LogP contribution in [0.5, 0.6) is 5.75 Å². The van der Waals surface area contributed by atoms with Gasteiger partial charge in [-0.05, 0) is 54.1 Å². The highest BCUT2D eigenvalue weighted by molar-refractivity contribution is 7.18. The van der Waals surface area contributed by atoms with E-state index >= 15 is 0 Å². The molecule has 0 amide bonds. The van der Waals surface area contributed by atoms with Crippen molar-refractivity contribution < 1.29 is 5.11 Å². The largest absolute Gasteiger partial charge is 0.508 e. The van der Waals surface area contributed by atoms with Crippen LogP contribution in [0.3, 0.4) is 0 Å². The van der Waals surface area contributed by atoms with Gasteiger partial charge in [0.25, 0.3) is 0 Å². The van der Waals surface area contributed by atoms with Gasteiger partial charge >= 0.3 is 0 Å². The van der Waals surface area contributed by atoms with Gasteiger partial charge in [0.2, 0.25) is 5.13 Å². The predicted octanol–water partition coefficient (Wildman–Crippen LogP) is 3.24. The molecule has 3 aromatic rings. The molecule has 0 radical (unpaired) electrons. The van der Waals surface area contributed by atoms with Crippen LogP contribution in [-0.2, 0) is 0 Å². The fourth-order valence-electron chi connectivity index (χ4n) is 1.70. The van der Waals surface area contributed by atoms with Crippen LogP contribution in [0.1, 0.15) is 5.56 Å². The molecule has 0 aliphatic rings. The van der Waals surface area contributed by atoms with Gasteiger partial charge < -0.3 is 10.8 Å². The molecule has 3 N–H and O–H groups in total. The Morgan fingerprint density at radius 2 is 1.71 bits per heavy atom.